The van der Waals surface area contributed by atoms with E-state index >= 15 is 0 Å². The number of thiophene rings is 1. The molecule has 5 nitrogen and oxygen atoms in total. The molecule has 1 aromatic rings. The number of carbonyl (C=O) groups excluding carboxylic acids is 1. The maximum atomic E-state index is 12.1. The minimum Gasteiger partial charge on any atom is -0.481 e. The Morgan fingerprint density at radius 2 is 2.37 bits per heavy atom. The van der Waals surface area contributed by atoms with Crippen LogP contribution in [-0.2, 0) is 11.2 Å². The number of aliphatic carboxylic acids is 1. The van der Waals surface area contributed by atoms with Crippen LogP contribution < -0.4 is 0 Å². The number of urea groups is 1. The Morgan fingerprint density at radius 3 is 2.95 bits per heavy atom. The Bertz CT molecular complexity index is 447. The summed E-state index contributed by atoms with van der Waals surface area (Å²) in [5.74, 6) is -1.22. The molecule has 19 heavy (non-hydrogen) atoms. The smallest absolute Gasteiger partial charge is 0.319 e. The second-order valence-electron chi connectivity index (χ2n) is 4.80. The fraction of sp³-hybridized carbons (Fsp3) is 0.538. The molecule has 1 aliphatic rings. The number of likely N-dealkylation sites (N-methyl/N-ethyl adjacent to an activating group) is 1. The van der Waals surface area contributed by atoms with Gasteiger partial charge >= 0.3 is 12.0 Å². The minimum atomic E-state index is -0.809. The van der Waals surface area contributed by atoms with Crippen molar-refractivity contribution < 1.29 is 14.7 Å². The van der Waals surface area contributed by atoms with Gasteiger partial charge in [-0.25, -0.2) is 4.79 Å². The SMILES string of the molecule is CN(CCc1cccs1)C(=O)N1CCC(C(=O)O)C1. The molecular formula is C13H18N2O3S. The number of carboxylic acid groups (broad SMARTS) is 1. The molecule has 104 valence electrons. The number of rotatable bonds is 4. The standard InChI is InChI=1S/C13H18N2O3S/c1-14(6-5-11-3-2-8-19-11)13(18)15-7-4-10(9-15)12(16)17/h2-3,8,10H,4-7,9H2,1H3,(H,16,17). The average Bonchev–Trinajstić information content (AvgIpc) is 3.05. The lowest BCUT2D eigenvalue weighted by Gasteiger charge is -2.24. The summed E-state index contributed by atoms with van der Waals surface area (Å²) in [4.78, 5) is 27.6. The van der Waals surface area contributed by atoms with Crippen molar-refractivity contribution in [1.82, 2.24) is 9.80 Å². The Balaban J connectivity index is 1.81. The van der Waals surface area contributed by atoms with Crippen LogP contribution in [0.1, 0.15) is 11.3 Å². The van der Waals surface area contributed by atoms with Crippen LogP contribution in [0, 0.1) is 5.92 Å². The summed E-state index contributed by atoms with van der Waals surface area (Å²) in [6, 6.07) is 3.99. The number of nitrogens with zero attached hydrogens (tertiary/aromatic N) is 2. The highest BCUT2D eigenvalue weighted by atomic mass is 32.1. The zero-order valence-corrected chi connectivity index (χ0v) is 11.7. The van der Waals surface area contributed by atoms with Crippen molar-refractivity contribution in [3.63, 3.8) is 0 Å². The molecule has 6 heteroatoms. The maximum absolute atomic E-state index is 12.1. The number of amides is 2. The molecule has 2 amide bonds. The molecule has 2 heterocycles. The van der Waals surface area contributed by atoms with Crippen LogP contribution in [0.25, 0.3) is 0 Å². The number of hydrogen-bond donors (Lipinski definition) is 1. The molecule has 2 rings (SSSR count). The van der Waals surface area contributed by atoms with Crippen molar-refractivity contribution in [2.75, 3.05) is 26.7 Å². The van der Waals surface area contributed by atoms with Crippen LogP contribution >= 0.6 is 11.3 Å². The van der Waals surface area contributed by atoms with Crippen molar-refractivity contribution in [1.29, 1.82) is 0 Å². The molecule has 1 atom stereocenters. The molecule has 0 radical (unpaired) electrons. The molecule has 1 aliphatic heterocycles. The fourth-order valence-corrected chi connectivity index (χ4v) is 2.90. The first kappa shape index (κ1) is 13.9. The van der Waals surface area contributed by atoms with E-state index in [1.165, 1.54) is 4.88 Å². The van der Waals surface area contributed by atoms with E-state index in [0.717, 1.165) is 6.42 Å². The summed E-state index contributed by atoms with van der Waals surface area (Å²) in [7, 11) is 1.77. The Morgan fingerprint density at radius 1 is 1.58 bits per heavy atom. The second kappa shape index (κ2) is 6.06. The second-order valence-corrected chi connectivity index (χ2v) is 5.84. The van der Waals surface area contributed by atoms with Gasteiger partial charge in [0, 0.05) is 31.6 Å². The van der Waals surface area contributed by atoms with Crippen molar-refractivity contribution >= 4 is 23.3 Å². The predicted octanol–water partition coefficient (Wildman–Crippen LogP) is 1.75. The fourth-order valence-electron chi connectivity index (χ4n) is 2.21. The van der Waals surface area contributed by atoms with Gasteiger partial charge in [-0.15, -0.1) is 11.3 Å². The molecule has 0 bridgehead atoms. The summed E-state index contributed by atoms with van der Waals surface area (Å²) in [5.41, 5.74) is 0. The summed E-state index contributed by atoms with van der Waals surface area (Å²) < 4.78 is 0. The van der Waals surface area contributed by atoms with Crippen LogP contribution in [-0.4, -0.2) is 53.6 Å². The topological polar surface area (TPSA) is 60.9 Å². The summed E-state index contributed by atoms with van der Waals surface area (Å²) in [6.07, 6.45) is 1.40. The molecule has 0 aromatic carbocycles. The quantitative estimate of drug-likeness (QED) is 0.915. The number of carbonyl (C=O) groups is 2. The van der Waals surface area contributed by atoms with Gasteiger partial charge in [-0.2, -0.15) is 0 Å². The molecule has 1 N–H and O–H groups in total. The zero-order chi connectivity index (χ0) is 13.8. The number of hydrogen-bond acceptors (Lipinski definition) is 3. The molecule has 1 unspecified atom stereocenters. The van der Waals surface area contributed by atoms with E-state index in [9.17, 15) is 9.59 Å². The molecule has 0 aliphatic carbocycles. The van der Waals surface area contributed by atoms with Gasteiger partial charge in [-0.1, -0.05) is 6.07 Å². The number of carboxylic acids is 1. The highest BCUT2D eigenvalue weighted by Crippen LogP contribution is 2.18. The van der Waals surface area contributed by atoms with E-state index in [2.05, 4.69) is 6.07 Å². The Labute approximate surface area is 116 Å². The summed E-state index contributed by atoms with van der Waals surface area (Å²) >= 11 is 1.68. The molecular weight excluding hydrogens is 264 g/mol. The van der Waals surface area contributed by atoms with Crippen molar-refractivity contribution in [2.24, 2.45) is 5.92 Å². The van der Waals surface area contributed by atoms with Crippen LogP contribution in [0.2, 0.25) is 0 Å². The lowest BCUT2D eigenvalue weighted by molar-refractivity contribution is -0.141. The molecule has 0 spiro atoms. The van der Waals surface area contributed by atoms with Crippen LogP contribution in [0.5, 0.6) is 0 Å². The van der Waals surface area contributed by atoms with Gasteiger partial charge < -0.3 is 14.9 Å². The van der Waals surface area contributed by atoms with Crippen LogP contribution in [0.15, 0.2) is 17.5 Å². The molecule has 1 aromatic heterocycles. The lowest BCUT2D eigenvalue weighted by Crippen LogP contribution is -2.41. The number of likely N-dealkylation sites (tertiary alicyclic amines) is 1. The van der Waals surface area contributed by atoms with Gasteiger partial charge in [0.25, 0.3) is 0 Å². The third kappa shape index (κ3) is 3.47. The Kier molecular flexibility index (Phi) is 4.42. The third-order valence-electron chi connectivity index (χ3n) is 3.41. The van der Waals surface area contributed by atoms with E-state index in [-0.39, 0.29) is 6.03 Å². The Hall–Kier alpha value is -1.56. The largest absolute Gasteiger partial charge is 0.481 e. The van der Waals surface area contributed by atoms with E-state index in [4.69, 9.17) is 5.11 Å². The average molecular weight is 282 g/mol. The van der Waals surface area contributed by atoms with Crippen molar-refractivity contribution in [2.45, 2.75) is 12.8 Å². The van der Waals surface area contributed by atoms with Crippen molar-refractivity contribution in [3.8, 4) is 0 Å². The van der Waals surface area contributed by atoms with Crippen molar-refractivity contribution in [3.05, 3.63) is 22.4 Å². The maximum Gasteiger partial charge on any atom is 0.319 e. The summed E-state index contributed by atoms with van der Waals surface area (Å²) in [5, 5.41) is 11.0. The lowest BCUT2D eigenvalue weighted by atomic mass is 10.1. The normalized spacial score (nSPS) is 18.6. The molecule has 1 saturated heterocycles. The van der Waals surface area contributed by atoms with E-state index < -0.39 is 11.9 Å². The molecule has 0 saturated carbocycles. The summed E-state index contributed by atoms with van der Waals surface area (Å²) in [6.45, 7) is 1.53. The van der Waals surface area contributed by atoms with Gasteiger partial charge in [0.1, 0.15) is 0 Å². The van der Waals surface area contributed by atoms with Gasteiger partial charge in [0.15, 0.2) is 0 Å². The minimum absolute atomic E-state index is 0.0692. The van der Waals surface area contributed by atoms with E-state index in [1.54, 1.807) is 28.2 Å². The predicted molar refractivity (Wildman–Crippen MR) is 73.4 cm³/mol. The zero-order valence-electron chi connectivity index (χ0n) is 10.9. The van der Waals surface area contributed by atoms with Gasteiger partial charge in [-0.05, 0) is 24.3 Å². The third-order valence-corrected chi connectivity index (χ3v) is 4.34. The van der Waals surface area contributed by atoms with E-state index in [0.29, 0.717) is 26.1 Å². The van der Waals surface area contributed by atoms with Crippen LogP contribution in [0.4, 0.5) is 4.79 Å². The highest BCUT2D eigenvalue weighted by Gasteiger charge is 2.31. The first-order valence-electron chi connectivity index (χ1n) is 6.33. The van der Waals surface area contributed by atoms with Gasteiger partial charge in [0.05, 0.1) is 5.92 Å². The van der Waals surface area contributed by atoms with E-state index in [1.807, 2.05) is 11.4 Å². The monoisotopic (exact) mass is 282 g/mol. The molecule has 1 fully saturated rings. The van der Waals surface area contributed by atoms with Crippen LogP contribution in [0.3, 0.4) is 0 Å². The first-order valence-corrected chi connectivity index (χ1v) is 7.21. The highest BCUT2D eigenvalue weighted by molar-refractivity contribution is 7.09. The van der Waals surface area contributed by atoms with Gasteiger partial charge in [0.2, 0.25) is 0 Å². The first-order chi connectivity index (χ1) is 9.08. The van der Waals surface area contributed by atoms with Gasteiger partial charge in [-0.3, -0.25) is 4.79 Å².